The molecule has 168 valence electrons. The van der Waals surface area contributed by atoms with Gasteiger partial charge in [0, 0.05) is 12.7 Å². The number of esters is 1. The van der Waals surface area contributed by atoms with Crippen LogP contribution in [-0.4, -0.2) is 37.7 Å². The molecule has 0 heterocycles. The van der Waals surface area contributed by atoms with Crippen molar-refractivity contribution in [2.45, 2.75) is 38.8 Å². The average Bonchev–Trinajstić information content (AvgIpc) is 2.72. The summed E-state index contributed by atoms with van der Waals surface area (Å²) in [6.45, 7) is 5.66. The minimum Gasteiger partial charge on any atom is -0.465 e. The number of hydrogen-bond donors (Lipinski definition) is 2. The van der Waals surface area contributed by atoms with E-state index in [9.17, 15) is 18.4 Å². The van der Waals surface area contributed by atoms with Crippen molar-refractivity contribution in [3.8, 4) is 0 Å². The molecule has 2 aromatic rings. The van der Waals surface area contributed by atoms with Gasteiger partial charge in [0.25, 0.3) is 0 Å². The van der Waals surface area contributed by atoms with Crippen LogP contribution in [-0.2, 0) is 20.7 Å². The molecule has 0 aliphatic heterocycles. The molecule has 2 N–H and O–H groups in total. The molecule has 1 atom stereocenters. The molecule has 0 spiro atoms. The molecule has 0 saturated carbocycles. The summed E-state index contributed by atoms with van der Waals surface area (Å²) in [5.74, 6) is -2.44. The molecular weight excluding hydrogens is 474 g/mol. The molecule has 2 aromatic carbocycles. The number of amides is 1. The molecule has 0 radical (unpaired) electrons. The number of halogens is 3. The van der Waals surface area contributed by atoms with Gasteiger partial charge in [-0.15, -0.1) is 0 Å². The van der Waals surface area contributed by atoms with Crippen LogP contribution >= 0.6 is 15.9 Å². The quantitative estimate of drug-likeness (QED) is 0.399. The van der Waals surface area contributed by atoms with Gasteiger partial charge in [0.05, 0.1) is 46.6 Å². The Bertz CT molecular complexity index is 982. The minimum atomic E-state index is -0.696. The van der Waals surface area contributed by atoms with E-state index in [0.29, 0.717) is 11.4 Å². The first-order valence-electron chi connectivity index (χ1n) is 9.45. The minimum absolute atomic E-state index is 0.0196. The predicted molar refractivity (Wildman–Crippen MR) is 118 cm³/mol. The normalized spacial score (nSPS) is 12.3. The highest BCUT2D eigenvalue weighted by atomic mass is 79.9. The van der Waals surface area contributed by atoms with E-state index >= 15 is 0 Å². The Kier molecular flexibility index (Phi) is 8.14. The van der Waals surface area contributed by atoms with Crippen molar-refractivity contribution in [2.75, 3.05) is 24.9 Å². The fourth-order valence-electron chi connectivity index (χ4n) is 2.67. The monoisotopic (exact) mass is 498 g/mol. The van der Waals surface area contributed by atoms with E-state index in [0.717, 1.165) is 12.1 Å². The lowest BCUT2D eigenvalue weighted by Gasteiger charge is -2.32. The van der Waals surface area contributed by atoms with Crippen LogP contribution in [0.25, 0.3) is 0 Å². The zero-order valence-corrected chi connectivity index (χ0v) is 19.5. The van der Waals surface area contributed by atoms with Crippen molar-refractivity contribution >= 4 is 39.2 Å². The van der Waals surface area contributed by atoms with E-state index in [1.807, 2.05) is 20.8 Å². The number of carbonyl (C=O) groups is 2. The Morgan fingerprint density at radius 1 is 1.10 bits per heavy atom. The van der Waals surface area contributed by atoms with Crippen molar-refractivity contribution in [3.63, 3.8) is 0 Å². The molecular formula is C22H25BrF2N2O4. The Morgan fingerprint density at radius 2 is 1.77 bits per heavy atom. The summed E-state index contributed by atoms with van der Waals surface area (Å²) in [4.78, 5) is 24.5. The largest absolute Gasteiger partial charge is 0.465 e. The van der Waals surface area contributed by atoms with Crippen molar-refractivity contribution in [1.82, 2.24) is 0 Å². The topological polar surface area (TPSA) is 76.7 Å². The lowest BCUT2D eigenvalue weighted by molar-refractivity contribution is -0.115. The number of benzene rings is 2. The van der Waals surface area contributed by atoms with Crippen LogP contribution in [0, 0.1) is 11.6 Å². The van der Waals surface area contributed by atoms with Gasteiger partial charge in [0.2, 0.25) is 5.91 Å². The number of nitrogens with one attached hydrogen (secondary N) is 2. The Morgan fingerprint density at radius 3 is 2.39 bits per heavy atom. The van der Waals surface area contributed by atoms with Gasteiger partial charge < -0.3 is 20.1 Å². The van der Waals surface area contributed by atoms with Gasteiger partial charge in [-0.1, -0.05) is 0 Å². The Balaban J connectivity index is 2.30. The summed E-state index contributed by atoms with van der Waals surface area (Å²) in [5.41, 5.74) is 0.477. The van der Waals surface area contributed by atoms with Crippen LogP contribution in [0.2, 0.25) is 0 Å². The van der Waals surface area contributed by atoms with Gasteiger partial charge >= 0.3 is 5.97 Å². The predicted octanol–water partition coefficient (Wildman–Crippen LogP) is 4.92. The molecule has 1 unspecified atom stereocenters. The van der Waals surface area contributed by atoms with Crippen LogP contribution in [0.4, 0.5) is 20.2 Å². The third kappa shape index (κ3) is 6.24. The van der Waals surface area contributed by atoms with E-state index < -0.39 is 29.1 Å². The van der Waals surface area contributed by atoms with Crippen molar-refractivity contribution in [2.24, 2.45) is 0 Å². The zero-order valence-electron chi connectivity index (χ0n) is 17.9. The van der Waals surface area contributed by atoms with E-state index in [-0.39, 0.29) is 28.1 Å². The highest BCUT2D eigenvalue weighted by Crippen LogP contribution is 2.28. The van der Waals surface area contributed by atoms with E-state index in [2.05, 4.69) is 26.6 Å². The van der Waals surface area contributed by atoms with Gasteiger partial charge in [0.15, 0.2) is 0 Å². The molecule has 9 heteroatoms. The fraction of sp³-hybridized carbons (Fsp3) is 0.364. The number of anilines is 2. The number of carbonyl (C=O) groups excluding carboxylic acids is 2. The second kappa shape index (κ2) is 10.2. The van der Waals surface area contributed by atoms with Gasteiger partial charge in [0.1, 0.15) is 11.6 Å². The van der Waals surface area contributed by atoms with Crippen LogP contribution in [0.15, 0.2) is 34.8 Å². The summed E-state index contributed by atoms with van der Waals surface area (Å²) in [6.07, 6.45) is -0.368. The van der Waals surface area contributed by atoms with Crippen LogP contribution in [0.3, 0.4) is 0 Å². The van der Waals surface area contributed by atoms with Crippen LogP contribution < -0.4 is 10.6 Å². The third-order valence-electron chi connectivity index (χ3n) is 5.10. The first kappa shape index (κ1) is 24.7. The Labute approximate surface area is 188 Å². The summed E-state index contributed by atoms with van der Waals surface area (Å²) >= 11 is 2.91. The molecule has 31 heavy (non-hydrogen) atoms. The smallest absolute Gasteiger partial charge is 0.337 e. The second-order valence-electron chi connectivity index (χ2n) is 7.51. The Hall–Kier alpha value is -2.52. The van der Waals surface area contributed by atoms with Gasteiger partial charge in [-0.2, -0.15) is 0 Å². The highest BCUT2D eigenvalue weighted by Gasteiger charge is 2.26. The SMILES string of the molecule is COC(=O)c1ccc(NC(=O)Cc2cc(F)c(Br)cc2F)c(NC(C)C(C)(C)OC)c1. The average molecular weight is 499 g/mol. The lowest BCUT2D eigenvalue weighted by Crippen LogP contribution is -2.41. The number of rotatable bonds is 8. The maximum Gasteiger partial charge on any atom is 0.337 e. The van der Waals surface area contributed by atoms with Crippen LogP contribution in [0.1, 0.15) is 36.7 Å². The van der Waals surface area contributed by atoms with Crippen molar-refractivity contribution < 1.29 is 27.8 Å². The lowest BCUT2D eigenvalue weighted by atomic mass is 9.99. The maximum absolute atomic E-state index is 14.1. The van der Waals surface area contributed by atoms with E-state index in [1.54, 1.807) is 13.2 Å². The van der Waals surface area contributed by atoms with Crippen molar-refractivity contribution in [1.29, 1.82) is 0 Å². The highest BCUT2D eigenvalue weighted by molar-refractivity contribution is 9.10. The molecule has 0 aliphatic rings. The number of hydrogen-bond acceptors (Lipinski definition) is 5. The van der Waals surface area contributed by atoms with Gasteiger partial charge in [-0.25, -0.2) is 13.6 Å². The van der Waals surface area contributed by atoms with E-state index in [4.69, 9.17) is 9.47 Å². The fourth-order valence-corrected chi connectivity index (χ4v) is 2.98. The summed E-state index contributed by atoms with van der Waals surface area (Å²) < 4.78 is 38.0. The second-order valence-corrected chi connectivity index (χ2v) is 8.36. The molecule has 0 bridgehead atoms. The molecule has 0 aliphatic carbocycles. The van der Waals surface area contributed by atoms with Gasteiger partial charge in [-0.05, 0) is 67.0 Å². The summed E-state index contributed by atoms with van der Waals surface area (Å²) in [7, 11) is 2.85. The molecule has 0 aromatic heterocycles. The van der Waals surface area contributed by atoms with Gasteiger partial charge in [-0.3, -0.25) is 4.79 Å². The summed E-state index contributed by atoms with van der Waals surface area (Å²) in [5, 5.41) is 5.91. The first-order chi connectivity index (χ1) is 14.5. The molecule has 0 fully saturated rings. The van der Waals surface area contributed by atoms with Crippen LogP contribution in [0.5, 0.6) is 0 Å². The third-order valence-corrected chi connectivity index (χ3v) is 5.70. The molecule has 1 amide bonds. The molecule has 6 nitrogen and oxygen atoms in total. The number of ether oxygens (including phenoxy) is 2. The van der Waals surface area contributed by atoms with Crippen molar-refractivity contribution in [3.05, 3.63) is 57.6 Å². The summed E-state index contributed by atoms with van der Waals surface area (Å²) in [6, 6.07) is 6.32. The zero-order chi connectivity index (χ0) is 23.3. The maximum atomic E-state index is 14.1. The molecule has 0 saturated heterocycles. The van der Waals surface area contributed by atoms with E-state index in [1.165, 1.54) is 19.2 Å². The first-order valence-corrected chi connectivity index (χ1v) is 10.2. The standard InChI is InChI=1S/C22H25BrF2N2O4/c1-12(22(2,3)31-5)26-19-9-13(21(29)30-4)6-7-18(19)27-20(28)10-14-8-17(25)15(23)11-16(14)24/h6-9,11-12,26H,10H2,1-5H3,(H,27,28). The molecule has 2 rings (SSSR count). The number of methoxy groups -OCH3 is 2.